The van der Waals surface area contributed by atoms with E-state index >= 15 is 0 Å². The maximum absolute atomic E-state index is 12.6. The molecule has 2 aromatic rings. The van der Waals surface area contributed by atoms with E-state index < -0.39 is 6.67 Å². The monoisotopic (exact) mass is 345 g/mol. The molecule has 3 rings (SSSR count). The van der Waals surface area contributed by atoms with Crippen LogP contribution >= 0.6 is 0 Å². The normalized spacial score (nSPS) is 21.8. The third kappa shape index (κ3) is 4.64. The summed E-state index contributed by atoms with van der Waals surface area (Å²) in [5.41, 5.74) is 1.38. The van der Waals surface area contributed by atoms with Gasteiger partial charge in [0.1, 0.15) is 18.8 Å². The minimum Gasteiger partial charge on any atom is -0.299 e. The summed E-state index contributed by atoms with van der Waals surface area (Å²) in [5, 5.41) is 4.11. The number of likely N-dealkylation sites (tertiary alicyclic amines) is 1. The van der Waals surface area contributed by atoms with Crippen LogP contribution in [-0.4, -0.2) is 57.4 Å². The van der Waals surface area contributed by atoms with Gasteiger partial charge in [0.05, 0.1) is 13.1 Å². The van der Waals surface area contributed by atoms with Crippen molar-refractivity contribution in [3.8, 4) is 0 Å². The van der Waals surface area contributed by atoms with Gasteiger partial charge in [-0.1, -0.05) is 37.3 Å². The molecule has 2 atom stereocenters. The van der Waals surface area contributed by atoms with Crippen LogP contribution in [0.5, 0.6) is 0 Å². The van der Waals surface area contributed by atoms with E-state index in [-0.39, 0.29) is 6.54 Å². The van der Waals surface area contributed by atoms with Crippen molar-refractivity contribution < 1.29 is 4.39 Å². The SMILES string of the molecule is C[C@@H]1CN(Cc2ccccc2)CC[C@H]1N(C)Cc1ncnn1CCF. The van der Waals surface area contributed by atoms with Gasteiger partial charge in [0.15, 0.2) is 0 Å². The van der Waals surface area contributed by atoms with Crippen LogP contribution in [0.15, 0.2) is 36.7 Å². The highest BCUT2D eigenvalue weighted by atomic mass is 19.1. The fourth-order valence-electron chi connectivity index (χ4n) is 3.88. The van der Waals surface area contributed by atoms with E-state index in [9.17, 15) is 4.39 Å². The molecule has 0 radical (unpaired) electrons. The van der Waals surface area contributed by atoms with Crippen molar-refractivity contribution in [2.24, 2.45) is 5.92 Å². The summed E-state index contributed by atoms with van der Waals surface area (Å²) < 4.78 is 14.3. The summed E-state index contributed by atoms with van der Waals surface area (Å²) in [6.07, 6.45) is 2.66. The Hall–Kier alpha value is -1.79. The number of hydrogen-bond acceptors (Lipinski definition) is 4. The van der Waals surface area contributed by atoms with E-state index in [0.717, 1.165) is 31.9 Å². The number of nitrogens with zero attached hydrogens (tertiary/aromatic N) is 5. The van der Waals surface area contributed by atoms with Gasteiger partial charge in [-0.05, 0) is 31.5 Å². The van der Waals surface area contributed by atoms with Gasteiger partial charge in [0, 0.05) is 19.1 Å². The molecule has 5 nitrogen and oxygen atoms in total. The number of halogens is 1. The first-order chi connectivity index (χ1) is 12.2. The zero-order chi connectivity index (χ0) is 17.6. The third-order valence-electron chi connectivity index (χ3n) is 5.14. The highest BCUT2D eigenvalue weighted by Gasteiger charge is 2.29. The van der Waals surface area contributed by atoms with Crippen LogP contribution in [0.4, 0.5) is 4.39 Å². The van der Waals surface area contributed by atoms with Gasteiger partial charge >= 0.3 is 0 Å². The van der Waals surface area contributed by atoms with E-state index in [4.69, 9.17) is 0 Å². The van der Waals surface area contributed by atoms with Gasteiger partial charge in [0.25, 0.3) is 0 Å². The van der Waals surface area contributed by atoms with Crippen molar-refractivity contribution in [1.82, 2.24) is 24.6 Å². The molecule has 6 heteroatoms. The van der Waals surface area contributed by atoms with Crippen LogP contribution in [-0.2, 0) is 19.6 Å². The van der Waals surface area contributed by atoms with E-state index in [2.05, 4.69) is 64.2 Å². The molecule has 1 aliphatic heterocycles. The molecule has 0 amide bonds. The maximum Gasteiger partial charge on any atom is 0.141 e. The van der Waals surface area contributed by atoms with Crippen LogP contribution in [0.3, 0.4) is 0 Å². The van der Waals surface area contributed by atoms with Crippen molar-refractivity contribution in [2.75, 3.05) is 26.8 Å². The van der Waals surface area contributed by atoms with Crippen molar-refractivity contribution in [2.45, 2.75) is 39.0 Å². The lowest BCUT2D eigenvalue weighted by molar-refractivity contribution is 0.0697. The molecular weight excluding hydrogens is 317 g/mol. The second-order valence-electron chi connectivity index (χ2n) is 7.06. The van der Waals surface area contributed by atoms with Crippen molar-refractivity contribution in [1.29, 1.82) is 0 Å². The summed E-state index contributed by atoms with van der Waals surface area (Å²) in [7, 11) is 2.14. The number of rotatable bonds is 7. The number of benzene rings is 1. The standard InChI is InChI=1S/C19H28FN5/c1-16-12-24(13-17-6-4-3-5-7-17)10-8-18(16)23(2)14-19-21-15-22-25(19)11-9-20/h3-7,15-16,18H,8-14H2,1-2H3/t16-,18-/m1/s1. The van der Waals surface area contributed by atoms with Crippen LogP contribution < -0.4 is 0 Å². The average Bonchev–Trinajstić information content (AvgIpc) is 3.03. The van der Waals surface area contributed by atoms with Gasteiger partial charge in [0.2, 0.25) is 0 Å². The number of hydrogen-bond donors (Lipinski definition) is 0. The Bertz CT molecular complexity index is 644. The van der Waals surface area contributed by atoms with E-state index in [1.165, 1.54) is 11.9 Å². The predicted molar refractivity (Wildman–Crippen MR) is 96.8 cm³/mol. The summed E-state index contributed by atoms with van der Waals surface area (Å²) in [6.45, 7) is 6.14. The van der Waals surface area contributed by atoms with E-state index in [1.54, 1.807) is 4.68 Å². The van der Waals surface area contributed by atoms with Crippen LogP contribution in [0.1, 0.15) is 24.7 Å². The molecule has 0 spiro atoms. The highest BCUT2D eigenvalue weighted by molar-refractivity contribution is 5.14. The molecule has 1 saturated heterocycles. The first-order valence-electron chi connectivity index (χ1n) is 9.06. The van der Waals surface area contributed by atoms with Crippen molar-refractivity contribution in [3.05, 3.63) is 48.0 Å². The number of aromatic nitrogens is 3. The molecule has 25 heavy (non-hydrogen) atoms. The van der Waals surface area contributed by atoms with Crippen LogP contribution in [0.25, 0.3) is 0 Å². The van der Waals surface area contributed by atoms with Crippen molar-refractivity contribution in [3.63, 3.8) is 0 Å². The van der Waals surface area contributed by atoms with Crippen molar-refractivity contribution >= 4 is 0 Å². The first-order valence-corrected chi connectivity index (χ1v) is 9.06. The molecule has 136 valence electrons. The highest BCUT2D eigenvalue weighted by Crippen LogP contribution is 2.23. The molecule has 0 bridgehead atoms. The summed E-state index contributed by atoms with van der Waals surface area (Å²) in [5.74, 6) is 1.43. The second-order valence-corrected chi connectivity index (χ2v) is 7.06. The summed E-state index contributed by atoms with van der Waals surface area (Å²) in [4.78, 5) is 9.19. The molecule has 2 heterocycles. The first kappa shape index (κ1) is 18.0. The van der Waals surface area contributed by atoms with E-state index in [0.29, 0.717) is 18.5 Å². The number of piperidine rings is 1. The van der Waals surface area contributed by atoms with Gasteiger partial charge in [-0.3, -0.25) is 9.80 Å². The second kappa shape index (κ2) is 8.54. The number of aryl methyl sites for hydroxylation is 1. The predicted octanol–water partition coefficient (Wildman–Crippen LogP) is 2.59. The quantitative estimate of drug-likeness (QED) is 0.773. The third-order valence-corrected chi connectivity index (χ3v) is 5.14. The zero-order valence-corrected chi connectivity index (χ0v) is 15.2. The Morgan fingerprint density at radius 3 is 2.80 bits per heavy atom. The topological polar surface area (TPSA) is 37.2 Å². The van der Waals surface area contributed by atoms with Gasteiger partial charge < -0.3 is 0 Å². The summed E-state index contributed by atoms with van der Waals surface area (Å²) in [6, 6.07) is 11.2. The molecule has 0 saturated carbocycles. The van der Waals surface area contributed by atoms with Gasteiger partial charge in [-0.2, -0.15) is 5.10 Å². The largest absolute Gasteiger partial charge is 0.299 e. The minimum absolute atomic E-state index is 0.286. The Morgan fingerprint density at radius 1 is 1.28 bits per heavy atom. The van der Waals surface area contributed by atoms with Crippen LogP contribution in [0.2, 0.25) is 0 Å². The molecule has 1 aromatic heterocycles. The minimum atomic E-state index is -0.408. The van der Waals surface area contributed by atoms with Gasteiger partial charge in [-0.15, -0.1) is 0 Å². The lowest BCUT2D eigenvalue weighted by Gasteiger charge is -2.41. The molecular formula is C19H28FN5. The fraction of sp³-hybridized carbons (Fsp3) is 0.579. The Balaban J connectivity index is 1.54. The molecule has 1 aromatic carbocycles. The zero-order valence-electron chi connectivity index (χ0n) is 15.2. The fourth-order valence-corrected chi connectivity index (χ4v) is 3.88. The maximum atomic E-state index is 12.6. The Morgan fingerprint density at radius 2 is 2.08 bits per heavy atom. The molecule has 1 fully saturated rings. The Labute approximate surface area is 149 Å². The lowest BCUT2D eigenvalue weighted by Crippen LogP contribution is -2.48. The lowest BCUT2D eigenvalue weighted by atomic mass is 9.92. The molecule has 1 aliphatic rings. The summed E-state index contributed by atoms with van der Waals surface area (Å²) >= 11 is 0. The van der Waals surface area contributed by atoms with Gasteiger partial charge in [-0.25, -0.2) is 14.1 Å². The Kier molecular flexibility index (Phi) is 6.15. The number of alkyl halides is 1. The smallest absolute Gasteiger partial charge is 0.141 e. The molecule has 0 aliphatic carbocycles. The van der Waals surface area contributed by atoms with E-state index in [1.807, 2.05) is 0 Å². The molecule has 0 N–H and O–H groups in total. The molecule has 0 unspecified atom stereocenters. The van der Waals surface area contributed by atoms with Crippen LogP contribution in [0, 0.1) is 5.92 Å². The average molecular weight is 345 g/mol.